The summed E-state index contributed by atoms with van der Waals surface area (Å²) in [6.07, 6.45) is 0.963. The minimum atomic E-state index is 0.0305. The SMILES string of the molecule is CC1CN(C(=O)c2cccc3c2OCCN3)CCCO1. The zero-order valence-electron chi connectivity index (χ0n) is 11.7. The molecule has 1 aromatic rings. The Morgan fingerprint density at radius 1 is 1.40 bits per heavy atom. The fourth-order valence-electron chi connectivity index (χ4n) is 2.69. The topological polar surface area (TPSA) is 50.8 Å². The quantitative estimate of drug-likeness (QED) is 0.849. The number of amides is 1. The van der Waals surface area contributed by atoms with E-state index in [2.05, 4.69) is 5.32 Å². The number of benzene rings is 1. The largest absolute Gasteiger partial charge is 0.489 e. The van der Waals surface area contributed by atoms with Crippen LogP contribution < -0.4 is 10.1 Å². The van der Waals surface area contributed by atoms with E-state index >= 15 is 0 Å². The maximum absolute atomic E-state index is 12.7. The summed E-state index contributed by atoms with van der Waals surface area (Å²) in [7, 11) is 0. The highest BCUT2D eigenvalue weighted by molar-refractivity contribution is 5.99. The number of nitrogens with one attached hydrogen (secondary N) is 1. The number of nitrogens with zero attached hydrogens (tertiary/aromatic N) is 1. The molecule has 108 valence electrons. The summed E-state index contributed by atoms with van der Waals surface area (Å²) in [6, 6.07) is 5.68. The molecule has 2 aliphatic rings. The molecule has 2 heterocycles. The van der Waals surface area contributed by atoms with Crippen LogP contribution in [0.3, 0.4) is 0 Å². The third kappa shape index (κ3) is 2.58. The Hall–Kier alpha value is -1.75. The van der Waals surface area contributed by atoms with Gasteiger partial charge >= 0.3 is 0 Å². The Balaban J connectivity index is 1.86. The van der Waals surface area contributed by atoms with E-state index in [1.807, 2.05) is 30.0 Å². The summed E-state index contributed by atoms with van der Waals surface area (Å²) in [5, 5.41) is 3.26. The van der Waals surface area contributed by atoms with Crippen molar-refractivity contribution >= 4 is 11.6 Å². The van der Waals surface area contributed by atoms with Crippen molar-refractivity contribution in [3.05, 3.63) is 23.8 Å². The van der Waals surface area contributed by atoms with Crippen molar-refractivity contribution in [1.29, 1.82) is 0 Å². The average Bonchev–Trinajstić information content (AvgIpc) is 2.70. The van der Waals surface area contributed by atoms with Gasteiger partial charge in [0.05, 0.1) is 17.4 Å². The second-order valence-electron chi connectivity index (χ2n) is 5.24. The summed E-state index contributed by atoms with van der Waals surface area (Å²) in [5.41, 5.74) is 1.55. The zero-order valence-corrected chi connectivity index (χ0v) is 11.7. The monoisotopic (exact) mass is 276 g/mol. The van der Waals surface area contributed by atoms with Crippen LogP contribution in [0.25, 0.3) is 0 Å². The summed E-state index contributed by atoms with van der Waals surface area (Å²) < 4.78 is 11.3. The maximum Gasteiger partial charge on any atom is 0.257 e. The number of ether oxygens (including phenoxy) is 2. The highest BCUT2D eigenvalue weighted by Gasteiger charge is 2.25. The summed E-state index contributed by atoms with van der Waals surface area (Å²) in [4.78, 5) is 14.6. The highest BCUT2D eigenvalue weighted by atomic mass is 16.5. The molecule has 5 heteroatoms. The van der Waals surface area contributed by atoms with E-state index in [-0.39, 0.29) is 12.0 Å². The van der Waals surface area contributed by atoms with E-state index in [1.165, 1.54) is 0 Å². The summed E-state index contributed by atoms with van der Waals surface area (Å²) in [6.45, 7) is 5.46. The summed E-state index contributed by atoms with van der Waals surface area (Å²) in [5.74, 6) is 0.712. The van der Waals surface area contributed by atoms with Crippen LogP contribution in [0.2, 0.25) is 0 Å². The number of rotatable bonds is 1. The van der Waals surface area contributed by atoms with Gasteiger partial charge in [0.15, 0.2) is 5.75 Å². The maximum atomic E-state index is 12.7. The molecule has 0 aromatic heterocycles. The van der Waals surface area contributed by atoms with Gasteiger partial charge in [-0.3, -0.25) is 4.79 Å². The van der Waals surface area contributed by atoms with Crippen molar-refractivity contribution in [2.75, 3.05) is 38.2 Å². The van der Waals surface area contributed by atoms with Crippen LogP contribution in [0.5, 0.6) is 5.75 Å². The molecule has 0 spiro atoms. The third-order valence-electron chi connectivity index (χ3n) is 3.65. The van der Waals surface area contributed by atoms with Crippen LogP contribution in [0, 0.1) is 0 Å². The Kier molecular flexibility index (Phi) is 3.78. The van der Waals surface area contributed by atoms with E-state index in [4.69, 9.17) is 9.47 Å². The van der Waals surface area contributed by atoms with Crippen LogP contribution in [0.4, 0.5) is 5.69 Å². The molecule has 0 bridgehead atoms. The first-order chi connectivity index (χ1) is 9.75. The van der Waals surface area contributed by atoms with Gasteiger partial charge in [0, 0.05) is 26.2 Å². The molecule has 1 saturated heterocycles. The molecular formula is C15H20N2O3. The Bertz CT molecular complexity index is 504. The Labute approximate surface area is 118 Å². The molecule has 1 fully saturated rings. The normalized spacial score (nSPS) is 22.2. The van der Waals surface area contributed by atoms with E-state index < -0.39 is 0 Å². The van der Waals surface area contributed by atoms with Crippen molar-refractivity contribution in [3.8, 4) is 5.75 Å². The van der Waals surface area contributed by atoms with Gasteiger partial charge in [-0.25, -0.2) is 0 Å². The average molecular weight is 276 g/mol. The Morgan fingerprint density at radius 3 is 3.20 bits per heavy atom. The number of para-hydroxylation sites is 1. The molecule has 2 aliphatic heterocycles. The molecule has 1 aromatic carbocycles. The van der Waals surface area contributed by atoms with Crippen LogP contribution in [-0.2, 0) is 4.74 Å². The van der Waals surface area contributed by atoms with E-state index in [1.54, 1.807) is 0 Å². The number of carbonyl (C=O) groups excluding carboxylic acids is 1. The number of fused-ring (bicyclic) bond motifs is 1. The lowest BCUT2D eigenvalue weighted by Crippen LogP contribution is -2.36. The van der Waals surface area contributed by atoms with Crippen LogP contribution in [0.1, 0.15) is 23.7 Å². The first-order valence-electron chi connectivity index (χ1n) is 7.16. The van der Waals surface area contributed by atoms with Crippen molar-refractivity contribution in [1.82, 2.24) is 4.90 Å². The number of carbonyl (C=O) groups is 1. The molecule has 0 saturated carbocycles. The molecular weight excluding hydrogens is 256 g/mol. The van der Waals surface area contributed by atoms with E-state index in [0.29, 0.717) is 24.5 Å². The van der Waals surface area contributed by atoms with Crippen LogP contribution >= 0.6 is 0 Å². The predicted molar refractivity (Wildman–Crippen MR) is 76.4 cm³/mol. The number of hydrogen-bond acceptors (Lipinski definition) is 4. The predicted octanol–water partition coefficient (Wildman–Crippen LogP) is 1.74. The first kappa shape index (κ1) is 13.2. The summed E-state index contributed by atoms with van der Waals surface area (Å²) >= 11 is 0. The molecule has 1 amide bonds. The molecule has 3 rings (SSSR count). The molecule has 20 heavy (non-hydrogen) atoms. The molecule has 5 nitrogen and oxygen atoms in total. The molecule has 1 unspecified atom stereocenters. The Morgan fingerprint density at radius 2 is 2.30 bits per heavy atom. The second kappa shape index (κ2) is 5.71. The minimum Gasteiger partial charge on any atom is -0.489 e. The van der Waals surface area contributed by atoms with E-state index in [9.17, 15) is 4.79 Å². The van der Waals surface area contributed by atoms with Gasteiger partial charge < -0.3 is 19.7 Å². The van der Waals surface area contributed by atoms with Crippen molar-refractivity contribution in [2.45, 2.75) is 19.4 Å². The fourth-order valence-corrected chi connectivity index (χ4v) is 2.69. The molecule has 0 aliphatic carbocycles. The van der Waals surface area contributed by atoms with Gasteiger partial charge in [-0.1, -0.05) is 6.07 Å². The van der Waals surface area contributed by atoms with Crippen LogP contribution in [-0.4, -0.2) is 49.8 Å². The lowest BCUT2D eigenvalue weighted by molar-refractivity contribution is 0.0560. The van der Waals surface area contributed by atoms with Gasteiger partial charge in [0.25, 0.3) is 5.91 Å². The first-order valence-corrected chi connectivity index (χ1v) is 7.16. The number of hydrogen-bond donors (Lipinski definition) is 1. The van der Waals surface area contributed by atoms with Gasteiger partial charge in [-0.05, 0) is 25.5 Å². The smallest absolute Gasteiger partial charge is 0.257 e. The van der Waals surface area contributed by atoms with Crippen LogP contribution in [0.15, 0.2) is 18.2 Å². The van der Waals surface area contributed by atoms with Gasteiger partial charge in [0.2, 0.25) is 0 Å². The number of anilines is 1. The highest BCUT2D eigenvalue weighted by Crippen LogP contribution is 2.32. The standard InChI is InChI=1S/C15H20N2O3/c1-11-10-17(7-3-8-19-11)15(18)12-4-2-5-13-14(12)20-9-6-16-13/h2,4-5,11,16H,3,6-10H2,1H3. The van der Waals surface area contributed by atoms with E-state index in [0.717, 1.165) is 31.8 Å². The molecule has 1 N–H and O–H groups in total. The lowest BCUT2D eigenvalue weighted by Gasteiger charge is -2.26. The van der Waals surface area contributed by atoms with Crippen molar-refractivity contribution in [2.24, 2.45) is 0 Å². The van der Waals surface area contributed by atoms with Gasteiger partial charge in [-0.2, -0.15) is 0 Å². The zero-order chi connectivity index (χ0) is 13.9. The van der Waals surface area contributed by atoms with Crippen molar-refractivity contribution in [3.63, 3.8) is 0 Å². The van der Waals surface area contributed by atoms with Gasteiger partial charge in [-0.15, -0.1) is 0 Å². The fraction of sp³-hybridized carbons (Fsp3) is 0.533. The molecule has 0 radical (unpaired) electrons. The third-order valence-corrected chi connectivity index (χ3v) is 3.65. The van der Waals surface area contributed by atoms with Gasteiger partial charge in [0.1, 0.15) is 6.61 Å². The second-order valence-corrected chi connectivity index (χ2v) is 5.24. The van der Waals surface area contributed by atoms with Crippen molar-refractivity contribution < 1.29 is 14.3 Å². The minimum absolute atomic E-state index is 0.0305. The lowest BCUT2D eigenvalue weighted by atomic mass is 10.1. The molecule has 1 atom stereocenters.